The number of hydrogen-bond acceptors (Lipinski definition) is 6. The van der Waals surface area contributed by atoms with Gasteiger partial charge in [-0.15, -0.1) is 0 Å². The third kappa shape index (κ3) is 3.63. The molecule has 0 spiro atoms. The van der Waals surface area contributed by atoms with Crippen molar-refractivity contribution in [3.05, 3.63) is 41.1 Å². The van der Waals surface area contributed by atoms with Gasteiger partial charge in [-0.25, -0.2) is 4.79 Å². The molecule has 0 bridgehead atoms. The summed E-state index contributed by atoms with van der Waals surface area (Å²) in [7, 11) is 0. The van der Waals surface area contributed by atoms with Gasteiger partial charge in [0, 0.05) is 18.2 Å². The van der Waals surface area contributed by atoms with Crippen LogP contribution in [-0.2, 0) is 14.3 Å². The molecule has 0 atom stereocenters. The van der Waals surface area contributed by atoms with Crippen LogP contribution in [0.1, 0.15) is 25.1 Å². The maximum atomic E-state index is 11.9. The van der Waals surface area contributed by atoms with Gasteiger partial charge in [0.25, 0.3) is 5.69 Å². The van der Waals surface area contributed by atoms with E-state index in [9.17, 15) is 14.7 Å². The Bertz CT molecular complexity index is 759. The molecular weight excluding hydrogens is 300 g/mol. The number of nitrogens with zero attached hydrogens (tertiary/aromatic N) is 2. The van der Waals surface area contributed by atoms with Gasteiger partial charge in [-0.05, 0) is 25.5 Å². The van der Waals surface area contributed by atoms with Crippen LogP contribution in [0.5, 0.6) is 5.95 Å². The molecule has 2 aromatic rings. The lowest BCUT2D eigenvalue weighted by Gasteiger charge is -2.02. The van der Waals surface area contributed by atoms with Gasteiger partial charge >= 0.3 is 5.97 Å². The van der Waals surface area contributed by atoms with Gasteiger partial charge in [0.05, 0.1) is 11.9 Å². The standard InChI is InChI=1S/C16H16N2O5/c1-4-22-15(20)13(11(3)19)9-14-16(21)23-17-18(14)12-7-5-10(2)6-8-12/h5-9H,4H2,1-3H3. The molecule has 7 nitrogen and oxygen atoms in total. The fourth-order valence-electron chi connectivity index (χ4n) is 1.90. The number of hydrogen-bond donors (Lipinski definition) is 0. The van der Waals surface area contributed by atoms with E-state index < -0.39 is 17.7 Å². The second-order valence-electron chi connectivity index (χ2n) is 4.83. The van der Waals surface area contributed by atoms with Crippen LogP contribution in [0.4, 0.5) is 0 Å². The Morgan fingerprint density at radius 1 is 1.35 bits per heavy atom. The van der Waals surface area contributed by atoms with E-state index in [0.29, 0.717) is 5.69 Å². The third-order valence-corrected chi connectivity index (χ3v) is 3.08. The van der Waals surface area contributed by atoms with Gasteiger partial charge in [0.2, 0.25) is 5.69 Å². The molecule has 0 N–H and O–H groups in total. The average Bonchev–Trinajstić information content (AvgIpc) is 2.86. The minimum Gasteiger partial charge on any atom is -0.539 e. The second kappa shape index (κ2) is 6.87. The van der Waals surface area contributed by atoms with E-state index in [0.717, 1.165) is 11.6 Å². The molecule has 0 unspecified atom stereocenters. The molecule has 1 aromatic heterocycles. The number of rotatable bonds is 5. The topological polar surface area (TPSA) is 96.3 Å². The number of carbonyl (C=O) groups excluding carboxylic acids is 2. The van der Waals surface area contributed by atoms with Crippen molar-refractivity contribution in [3.63, 3.8) is 0 Å². The van der Waals surface area contributed by atoms with E-state index >= 15 is 0 Å². The first kappa shape index (κ1) is 16.4. The zero-order chi connectivity index (χ0) is 17.0. The van der Waals surface area contributed by atoms with E-state index in [1.807, 2.05) is 19.1 Å². The van der Waals surface area contributed by atoms with E-state index in [2.05, 4.69) is 9.79 Å². The molecule has 120 valence electrons. The summed E-state index contributed by atoms with van der Waals surface area (Å²) in [5, 5.41) is 15.5. The molecule has 0 aliphatic heterocycles. The van der Waals surface area contributed by atoms with E-state index in [-0.39, 0.29) is 17.9 Å². The molecule has 0 radical (unpaired) electrons. The minimum atomic E-state index is -0.795. The molecule has 0 amide bonds. The third-order valence-electron chi connectivity index (χ3n) is 3.08. The van der Waals surface area contributed by atoms with Crippen LogP contribution in [0.15, 0.2) is 34.4 Å². The Morgan fingerprint density at radius 2 is 2.00 bits per heavy atom. The summed E-state index contributed by atoms with van der Waals surface area (Å²) >= 11 is 0. The van der Waals surface area contributed by atoms with Gasteiger partial charge in [-0.3, -0.25) is 4.79 Å². The number of ketones is 1. The number of ether oxygens (including phenoxy) is 1. The maximum absolute atomic E-state index is 11.9. The number of aryl methyl sites for hydroxylation is 1. The quantitative estimate of drug-likeness (QED) is 0.267. The lowest BCUT2D eigenvalue weighted by molar-refractivity contribution is -0.672. The lowest BCUT2D eigenvalue weighted by Crippen LogP contribution is -2.35. The van der Waals surface area contributed by atoms with Crippen LogP contribution in [0.2, 0.25) is 0 Å². The van der Waals surface area contributed by atoms with Crippen molar-refractivity contribution >= 4 is 17.8 Å². The predicted octanol–water partition coefficient (Wildman–Crippen LogP) is 0.869. The largest absolute Gasteiger partial charge is 0.539 e. The van der Waals surface area contributed by atoms with Gasteiger partial charge in [-0.2, -0.15) is 0 Å². The summed E-state index contributed by atoms with van der Waals surface area (Å²) in [6.45, 7) is 4.89. The smallest absolute Gasteiger partial charge is 0.341 e. The average molecular weight is 316 g/mol. The molecule has 0 saturated heterocycles. The highest BCUT2D eigenvalue weighted by molar-refractivity contribution is 6.19. The van der Waals surface area contributed by atoms with Crippen molar-refractivity contribution in [1.82, 2.24) is 5.27 Å². The van der Waals surface area contributed by atoms with Crippen molar-refractivity contribution in [2.75, 3.05) is 6.61 Å². The number of carbonyl (C=O) groups is 2. The highest BCUT2D eigenvalue weighted by Crippen LogP contribution is 2.16. The molecule has 23 heavy (non-hydrogen) atoms. The highest BCUT2D eigenvalue weighted by Gasteiger charge is 2.23. The summed E-state index contributed by atoms with van der Waals surface area (Å²) in [5.74, 6) is -2.07. The summed E-state index contributed by atoms with van der Waals surface area (Å²) < 4.78 is 10.7. The molecular formula is C16H16N2O5. The van der Waals surface area contributed by atoms with Crippen molar-refractivity contribution in [2.24, 2.45) is 0 Å². The Labute approximate surface area is 132 Å². The summed E-state index contributed by atoms with van der Waals surface area (Å²) in [4.78, 5) is 23.5. The van der Waals surface area contributed by atoms with Crippen LogP contribution in [0, 0.1) is 6.92 Å². The molecule has 0 aliphatic carbocycles. The Morgan fingerprint density at radius 3 is 2.57 bits per heavy atom. The first-order valence-corrected chi connectivity index (χ1v) is 6.99. The fourth-order valence-corrected chi connectivity index (χ4v) is 1.90. The molecule has 0 aliphatic rings. The van der Waals surface area contributed by atoms with Crippen LogP contribution >= 0.6 is 0 Å². The molecule has 1 heterocycles. The van der Waals surface area contributed by atoms with Crippen LogP contribution < -0.4 is 9.79 Å². The highest BCUT2D eigenvalue weighted by atomic mass is 16.6. The number of aromatic nitrogens is 2. The van der Waals surface area contributed by atoms with E-state index in [1.165, 1.54) is 11.6 Å². The predicted molar refractivity (Wildman–Crippen MR) is 77.5 cm³/mol. The monoisotopic (exact) mass is 316 g/mol. The Balaban J connectivity index is 2.52. The lowest BCUT2D eigenvalue weighted by atomic mass is 10.1. The SMILES string of the molecule is CCOC(=O)/C(=C\c1c([O-])on[n+]1-c1ccc(C)cc1)C(C)=O. The minimum absolute atomic E-state index is 0.0351. The van der Waals surface area contributed by atoms with Crippen molar-refractivity contribution in [1.29, 1.82) is 0 Å². The molecule has 7 heteroatoms. The van der Waals surface area contributed by atoms with Crippen molar-refractivity contribution in [3.8, 4) is 11.6 Å². The molecule has 0 saturated carbocycles. The maximum Gasteiger partial charge on any atom is 0.341 e. The Kier molecular flexibility index (Phi) is 4.90. The number of esters is 1. The fraction of sp³-hybridized carbons (Fsp3) is 0.250. The van der Waals surface area contributed by atoms with Crippen LogP contribution in [-0.4, -0.2) is 23.6 Å². The number of benzene rings is 1. The molecule has 2 rings (SSSR count). The van der Waals surface area contributed by atoms with Crippen molar-refractivity contribution in [2.45, 2.75) is 20.8 Å². The van der Waals surface area contributed by atoms with Crippen LogP contribution in [0.25, 0.3) is 11.8 Å². The van der Waals surface area contributed by atoms with Gasteiger partial charge in [0.1, 0.15) is 5.57 Å². The number of Topliss-reactive ketones (excluding diaryl/α,β-unsaturated/α-hetero) is 1. The summed E-state index contributed by atoms with van der Waals surface area (Å²) in [5.41, 5.74) is 1.33. The normalized spacial score (nSPS) is 11.3. The molecule has 0 fully saturated rings. The van der Waals surface area contributed by atoms with Crippen LogP contribution in [0.3, 0.4) is 0 Å². The van der Waals surface area contributed by atoms with E-state index in [1.54, 1.807) is 19.1 Å². The zero-order valence-electron chi connectivity index (χ0n) is 13.0. The van der Waals surface area contributed by atoms with Gasteiger partial charge < -0.3 is 14.4 Å². The van der Waals surface area contributed by atoms with Crippen molar-refractivity contribution < 1.29 is 28.6 Å². The zero-order valence-corrected chi connectivity index (χ0v) is 13.0. The van der Waals surface area contributed by atoms with E-state index in [4.69, 9.17) is 4.74 Å². The first-order chi connectivity index (χ1) is 10.9. The first-order valence-electron chi connectivity index (χ1n) is 6.99. The molecule has 1 aromatic carbocycles. The summed E-state index contributed by atoms with van der Waals surface area (Å²) in [6, 6.07) is 7.16. The van der Waals surface area contributed by atoms with Gasteiger partial charge in [-0.1, -0.05) is 17.7 Å². The Hall–Kier alpha value is -2.96. The summed E-state index contributed by atoms with van der Waals surface area (Å²) in [6.07, 6.45) is 1.14. The van der Waals surface area contributed by atoms with Gasteiger partial charge in [0.15, 0.2) is 11.7 Å². The second-order valence-corrected chi connectivity index (χ2v) is 4.83.